The Balaban J connectivity index is 2.33. The molecule has 0 radical (unpaired) electrons. The molecule has 2 nitrogen and oxygen atoms in total. The molecule has 1 aromatic heterocycles. The monoisotopic (exact) mass is 167 g/mol. The van der Waals surface area contributed by atoms with Crippen LogP contribution in [0, 0.1) is 11.8 Å². The van der Waals surface area contributed by atoms with Crippen LogP contribution in [0.1, 0.15) is 17.8 Å². The summed E-state index contributed by atoms with van der Waals surface area (Å²) >= 11 is 1.53. The smallest absolute Gasteiger partial charge is 0.166 e. The normalized spacial score (nSPS) is 8.82. The predicted molar refractivity (Wildman–Crippen MR) is 45.3 cm³/mol. The fourth-order valence-electron chi connectivity index (χ4n) is 0.591. The van der Waals surface area contributed by atoms with Gasteiger partial charge in [-0.3, -0.25) is 0 Å². The Hall–Kier alpha value is -0.850. The molecule has 11 heavy (non-hydrogen) atoms. The van der Waals surface area contributed by atoms with Gasteiger partial charge in [0.25, 0.3) is 0 Å². The van der Waals surface area contributed by atoms with Gasteiger partial charge in [-0.15, -0.1) is 11.3 Å². The maximum atomic E-state index is 8.44. The first-order valence-electron chi connectivity index (χ1n) is 3.42. The molecule has 0 saturated heterocycles. The van der Waals surface area contributed by atoms with E-state index in [9.17, 15) is 0 Å². The SMILES string of the molecule is OCCCC#Cc1nccs1. The molecule has 0 aromatic carbocycles. The first-order chi connectivity index (χ1) is 5.43. The molecule has 0 saturated carbocycles. The van der Waals surface area contributed by atoms with E-state index in [4.69, 9.17) is 5.11 Å². The van der Waals surface area contributed by atoms with Crippen molar-refractivity contribution in [2.24, 2.45) is 0 Å². The average molecular weight is 167 g/mol. The Kier molecular flexibility index (Phi) is 3.67. The van der Waals surface area contributed by atoms with Gasteiger partial charge < -0.3 is 5.11 Å². The summed E-state index contributed by atoms with van der Waals surface area (Å²) < 4.78 is 0. The van der Waals surface area contributed by atoms with Gasteiger partial charge in [-0.1, -0.05) is 5.92 Å². The molecule has 1 heterocycles. The minimum Gasteiger partial charge on any atom is -0.396 e. The summed E-state index contributed by atoms with van der Waals surface area (Å²) in [5, 5.41) is 11.2. The molecule has 0 spiro atoms. The molecule has 0 atom stereocenters. The van der Waals surface area contributed by atoms with E-state index < -0.39 is 0 Å². The van der Waals surface area contributed by atoms with Crippen molar-refractivity contribution in [1.29, 1.82) is 0 Å². The highest BCUT2D eigenvalue weighted by Crippen LogP contribution is 2.00. The number of hydrogen-bond donors (Lipinski definition) is 1. The van der Waals surface area contributed by atoms with Crippen molar-refractivity contribution < 1.29 is 5.11 Å². The molecular weight excluding hydrogens is 158 g/mol. The molecule has 0 amide bonds. The largest absolute Gasteiger partial charge is 0.396 e. The van der Waals surface area contributed by atoms with E-state index in [0.717, 1.165) is 17.8 Å². The highest BCUT2D eigenvalue weighted by molar-refractivity contribution is 7.10. The Bertz CT molecular complexity index is 245. The molecule has 0 fully saturated rings. The highest BCUT2D eigenvalue weighted by atomic mass is 32.1. The molecule has 0 aliphatic heterocycles. The quantitative estimate of drug-likeness (QED) is 0.531. The number of nitrogens with zero attached hydrogens (tertiary/aromatic N) is 1. The number of aromatic nitrogens is 1. The van der Waals surface area contributed by atoms with E-state index in [0.29, 0.717) is 0 Å². The molecule has 3 heteroatoms. The first-order valence-corrected chi connectivity index (χ1v) is 4.30. The van der Waals surface area contributed by atoms with Crippen molar-refractivity contribution in [3.8, 4) is 11.8 Å². The Morgan fingerprint density at radius 1 is 1.64 bits per heavy atom. The second-order valence-electron chi connectivity index (χ2n) is 1.97. The van der Waals surface area contributed by atoms with Crippen LogP contribution in [0.3, 0.4) is 0 Å². The van der Waals surface area contributed by atoms with Crippen molar-refractivity contribution in [3.05, 3.63) is 16.6 Å². The maximum Gasteiger partial charge on any atom is 0.166 e. The Morgan fingerprint density at radius 3 is 3.18 bits per heavy atom. The van der Waals surface area contributed by atoms with Crippen LogP contribution in [-0.4, -0.2) is 16.7 Å². The number of aliphatic hydroxyl groups is 1. The zero-order valence-electron chi connectivity index (χ0n) is 6.08. The van der Waals surface area contributed by atoms with Crippen LogP contribution in [0.15, 0.2) is 11.6 Å². The van der Waals surface area contributed by atoms with Crippen LogP contribution < -0.4 is 0 Å². The van der Waals surface area contributed by atoms with Crippen LogP contribution in [0.5, 0.6) is 0 Å². The van der Waals surface area contributed by atoms with E-state index in [1.807, 2.05) is 5.38 Å². The number of aliphatic hydroxyl groups excluding tert-OH is 1. The van der Waals surface area contributed by atoms with Gasteiger partial charge in [0.05, 0.1) is 0 Å². The molecule has 0 bridgehead atoms. The predicted octanol–water partition coefficient (Wildman–Crippen LogP) is 1.27. The van der Waals surface area contributed by atoms with Gasteiger partial charge in [-0.25, -0.2) is 4.98 Å². The Labute approximate surface area is 69.9 Å². The van der Waals surface area contributed by atoms with E-state index in [-0.39, 0.29) is 6.61 Å². The second-order valence-corrected chi connectivity index (χ2v) is 2.86. The van der Waals surface area contributed by atoms with Crippen LogP contribution in [0.25, 0.3) is 0 Å². The summed E-state index contributed by atoms with van der Waals surface area (Å²) in [7, 11) is 0. The minimum absolute atomic E-state index is 0.215. The third-order valence-electron chi connectivity index (χ3n) is 1.09. The molecule has 58 valence electrons. The van der Waals surface area contributed by atoms with Crippen molar-refractivity contribution >= 4 is 11.3 Å². The third-order valence-corrected chi connectivity index (χ3v) is 1.78. The molecule has 0 aliphatic rings. The summed E-state index contributed by atoms with van der Waals surface area (Å²) in [6, 6.07) is 0. The molecular formula is C8H9NOS. The van der Waals surface area contributed by atoms with Crippen molar-refractivity contribution in [1.82, 2.24) is 4.98 Å². The van der Waals surface area contributed by atoms with Crippen molar-refractivity contribution in [2.75, 3.05) is 6.61 Å². The van der Waals surface area contributed by atoms with Gasteiger partial charge in [0, 0.05) is 24.6 Å². The van der Waals surface area contributed by atoms with E-state index in [2.05, 4.69) is 16.8 Å². The number of unbranched alkanes of at least 4 members (excludes halogenated alkanes) is 1. The number of rotatable bonds is 2. The van der Waals surface area contributed by atoms with Crippen LogP contribution in [0.4, 0.5) is 0 Å². The van der Waals surface area contributed by atoms with Crippen LogP contribution in [-0.2, 0) is 0 Å². The second kappa shape index (κ2) is 4.89. The van der Waals surface area contributed by atoms with Crippen molar-refractivity contribution in [3.63, 3.8) is 0 Å². The van der Waals surface area contributed by atoms with Gasteiger partial charge in [-0.2, -0.15) is 0 Å². The van der Waals surface area contributed by atoms with Gasteiger partial charge >= 0.3 is 0 Å². The molecule has 1 N–H and O–H groups in total. The van der Waals surface area contributed by atoms with Gasteiger partial charge in [0.2, 0.25) is 0 Å². The highest BCUT2D eigenvalue weighted by Gasteiger charge is 1.84. The Morgan fingerprint density at radius 2 is 2.55 bits per heavy atom. The fraction of sp³-hybridized carbons (Fsp3) is 0.375. The van der Waals surface area contributed by atoms with E-state index >= 15 is 0 Å². The molecule has 1 rings (SSSR count). The van der Waals surface area contributed by atoms with Crippen LogP contribution >= 0.6 is 11.3 Å². The molecule has 0 aliphatic carbocycles. The van der Waals surface area contributed by atoms with Gasteiger partial charge in [0.15, 0.2) is 5.01 Å². The standard InChI is InChI=1S/C8H9NOS/c10-6-3-1-2-4-8-9-5-7-11-8/h5,7,10H,1,3,6H2. The topological polar surface area (TPSA) is 33.1 Å². The van der Waals surface area contributed by atoms with E-state index in [1.165, 1.54) is 11.3 Å². The lowest BCUT2D eigenvalue weighted by Crippen LogP contribution is -1.78. The third kappa shape index (κ3) is 3.17. The van der Waals surface area contributed by atoms with Gasteiger partial charge in [-0.05, 0) is 12.3 Å². The number of hydrogen-bond acceptors (Lipinski definition) is 3. The average Bonchev–Trinajstić information content (AvgIpc) is 2.50. The summed E-state index contributed by atoms with van der Waals surface area (Å²) in [6.07, 6.45) is 3.23. The first kappa shape index (κ1) is 8.25. The lowest BCUT2D eigenvalue weighted by Gasteiger charge is -1.82. The minimum atomic E-state index is 0.215. The molecule has 1 aromatic rings. The maximum absolute atomic E-state index is 8.44. The summed E-state index contributed by atoms with van der Waals surface area (Å²) in [5.74, 6) is 5.83. The lowest BCUT2D eigenvalue weighted by molar-refractivity contribution is 0.290. The van der Waals surface area contributed by atoms with Crippen molar-refractivity contribution in [2.45, 2.75) is 12.8 Å². The van der Waals surface area contributed by atoms with Crippen LogP contribution in [0.2, 0.25) is 0 Å². The molecule has 0 unspecified atom stereocenters. The van der Waals surface area contributed by atoms with E-state index in [1.54, 1.807) is 6.20 Å². The summed E-state index contributed by atoms with van der Waals surface area (Å²) in [6.45, 7) is 0.215. The summed E-state index contributed by atoms with van der Waals surface area (Å²) in [4.78, 5) is 4.00. The lowest BCUT2D eigenvalue weighted by atomic mass is 10.3. The zero-order valence-corrected chi connectivity index (χ0v) is 6.90. The summed E-state index contributed by atoms with van der Waals surface area (Å²) in [5.41, 5.74) is 0. The van der Waals surface area contributed by atoms with Gasteiger partial charge in [0.1, 0.15) is 0 Å². The number of thiazole rings is 1. The fourth-order valence-corrected chi connectivity index (χ4v) is 1.09. The zero-order chi connectivity index (χ0) is 7.94.